The highest BCUT2D eigenvalue weighted by Crippen LogP contribution is 2.06. The van der Waals surface area contributed by atoms with E-state index in [9.17, 15) is 4.79 Å². The van der Waals surface area contributed by atoms with Crippen molar-refractivity contribution in [2.45, 2.75) is 0 Å². The highest BCUT2D eigenvalue weighted by Gasteiger charge is 2.02. The van der Waals surface area contributed by atoms with Crippen LogP contribution >= 0.6 is 11.3 Å². The molecule has 1 rings (SSSR count). The summed E-state index contributed by atoms with van der Waals surface area (Å²) in [7, 11) is 0. The van der Waals surface area contributed by atoms with Crippen LogP contribution in [0, 0.1) is 0 Å². The number of thiophene rings is 1. The van der Waals surface area contributed by atoms with Crippen LogP contribution in [0.15, 0.2) is 17.5 Å². The molecule has 0 aliphatic carbocycles. The third-order valence-electron chi connectivity index (χ3n) is 1.01. The van der Waals surface area contributed by atoms with Gasteiger partial charge in [0.1, 0.15) is 0 Å². The molecule has 4 heteroatoms. The Bertz CT molecular complexity index is 208. The average molecular weight is 156 g/mol. The number of amides is 1. The molecule has 0 spiro atoms. The molecule has 1 amide bonds. The van der Waals surface area contributed by atoms with Crippen molar-refractivity contribution in [3.63, 3.8) is 0 Å². The van der Waals surface area contributed by atoms with E-state index in [2.05, 4.69) is 5.32 Å². The van der Waals surface area contributed by atoms with Gasteiger partial charge in [0, 0.05) is 0 Å². The molecule has 0 bridgehead atoms. The predicted molar refractivity (Wildman–Crippen MR) is 40.8 cm³/mol. The van der Waals surface area contributed by atoms with Crippen molar-refractivity contribution in [3.05, 3.63) is 22.4 Å². The van der Waals surface area contributed by atoms with Gasteiger partial charge in [-0.05, 0) is 11.4 Å². The SMILES string of the molecule is NCNC(=O)c1cccs1. The largest absolute Gasteiger partial charge is 0.339 e. The Labute approximate surface area is 62.9 Å². The van der Waals surface area contributed by atoms with Gasteiger partial charge in [0.15, 0.2) is 0 Å². The topological polar surface area (TPSA) is 55.1 Å². The van der Waals surface area contributed by atoms with Crippen LogP contribution in [0.5, 0.6) is 0 Å². The van der Waals surface area contributed by atoms with Crippen molar-refractivity contribution in [2.24, 2.45) is 5.73 Å². The van der Waals surface area contributed by atoms with Gasteiger partial charge in [0.05, 0.1) is 11.5 Å². The third-order valence-corrected chi connectivity index (χ3v) is 1.88. The molecule has 10 heavy (non-hydrogen) atoms. The second-order valence-electron chi connectivity index (χ2n) is 1.69. The van der Waals surface area contributed by atoms with Crippen LogP contribution < -0.4 is 11.1 Å². The summed E-state index contributed by atoms with van der Waals surface area (Å²) >= 11 is 1.40. The molecule has 0 fully saturated rings. The van der Waals surface area contributed by atoms with E-state index in [1.165, 1.54) is 11.3 Å². The molecule has 3 nitrogen and oxygen atoms in total. The maximum atomic E-state index is 10.9. The lowest BCUT2D eigenvalue weighted by molar-refractivity contribution is 0.0959. The van der Waals surface area contributed by atoms with Crippen LogP contribution in [-0.2, 0) is 0 Å². The van der Waals surface area contributed by atoms with Gasteiger partial charge in [-0.3, -0.25) is 4.79 Å². The molecule has 1 heterocycles. The number of rotatable bonds is 2. The molecule has 0 atom stereocenters. The van der Waals surface area contributed by atoms with E-state index in [1.807, 2.05) is 11.4 Å². The first-order valence-electron chi connectivity index (χ1n) is 2.86. The molecule has 1 aromatic rings. The van der Waals surface area contributed by atoms with E-state index >= 15 is 0 Å². The number of nitrogens with one attached hydrogen (secondary N) is 1. The summed E-state index contributed by atoms with van der Waals surface area (Å²) in [5, 5.41) is 4.35. The molecule has 3 N–H and O–H groups in total. The van der Waals surface area contributed by atoms with Crippen molar-refractivity contribution >= 4 is 17.2 Å². The third kappa shape index (κ3) is 1.55. The summed E-state index contributed by atoms with van der Waals surface area (Å²) in [6.45, 7) is 0.191. The van der Waals surface area contributed by atoms with Gasteiger partial charge in [-0.25, -0.2) is 0 Å². The number of hydrogen-bond donors (Lipinski definition) is 2. The molecule has 0 aliphatic rings. The number of nitrogens with two attached hydrogens (primary N) is 1. The Kier molecular flexibility index (Phi) is 2.42. The molecular weight excluding hydrogens is 148 g/mol. The molecule has 1 aromatic heterocycles. The molecule has 0 saturated carbocycles. The van der Waals surface area contributed by atoms with Crippen molar-refractivity contribution in [1.29, 1.82) is 0 Å². The van der Waals surface area contributed by atoms with Gasteiger partial charge in [-0.1, -0.05) is 6.07 Å². The lowest BCUT2D eigenvalue weighted by Gasteiger charge is -1.95. The fourth-order valence-corrected chi connectivity index (χ4v) is 1.23. The maximum Gasteiger partial charge on any atom is 0.262 e. The van der Waals surface area contributed by atoms with Gasteiger partial charge < -0.3 is 11.1 Å². The quantitative estimate of drug-likeness (QED) is 0.609. The Balaban J connectivity index is 2.59. The summed E-state index contributed by atoms with van der Waals surface area (Å²) in [6.07, 6.45) is 0. The number of carbonyl (C=O) groups is 1. The van der Waals surface area contributed by atoms with E-state index < -0.39 is 0 Å². The fourth-order valence-electron chi connectivity index (χ4n) is 0.588. The van der Waals surface area contributed by atoms with Gasteiger partial charge in [0.2, 0.25) is 0 Å². The Morgan fingerprint density at radius 2 is 2.60 bits per heavy atom. The lowest BCUT2D eigenvalue weighted by atomic mass is 10.4. The first kappa shape index (κ1) is 7.24. The van der Waals surface area contributed by atoms with Crippen molar-refractivity contribution in [1.82, 2.24) is 5.32 Å². The van der Waals surface area contributed by atoms with Gasteiger partial charge >= 0.3 is 0 Å². The standard InChI is InChI=1S/C6H8N2OS/c7-4-8-6(9)5-2-1-3-10-5/h1-3H,4,7H2,(H,8,9). The highest BCUT2D eigenvalue weighted by atomic mass is 32.1. The lowest BCUT2D eigenvalue weighted by Crippen LogP contribution is -2.28. The first-order valence-corrected chi connectivity index (χ1v) is 3.74. The molecule has 54 valence electrons. The van der Waals surface area contributed by atoms with Gasteiger partial charge in [0.25, 0.3) is 5.91 Å². The maximum absolute atomic E-state index is 10.9. The van der Waals surface area contributed by atoms with Gasteiger partial charge in [-0.15, -0.1) is 11.3 Å². The molecule has 0 saturated heterocycles. The molecule has 0 unspecified atom stereocenters. The van der Waals surface area contributed by atoms with E-state index in [0.29, 0.717) is 4.88 Å². The smallest absolute Gasteiger partial charge is 0.262 e. The molecular formula is C6H8N2OS. The molecule has 0 aromatic carbocycles. The van der Waals surface area contributed by atoms with Crippen LogP contribution in [0.2, 0.25) is 0 Å². The number of hydrogen-bond acceptors (Lipinski definition) is 3. The highest BCUT2D eigenvalue weighted by molar-refractivity contribution is 7.12. The zero-order chi connectivity index (χ0) is 7.40. The first-order chi connectivity index (χ1) is 4.84. The van der Waals surface area contributed by atoms with Crippen LogP contribution in [-0.4, -0.2) is 12.6 Å². The summed E-state index contributed by atoms with van der Waals surface area (Å²) < 4.78 is 0. The van der Waals surface area contributed by atoms with Crippen molar-refractivity contribution in [2.75, 3.05) is 6.67 Å². The van der Waals surface area contributed by atoms with E-state index in [1.54, 1.807) is 6.07 Å². The Morgan fingerprint density at radius 3 is 3.10 bits per heavy atom. The zero-order valence-electron chi connectivity index (χ0n) is 5.33. The van der Waals surface area contributed by atoms with Crippen LogP contribution in [0.3, 0.4) is 0 Å². The Hall–Kier alpha value is -0.870. The summed E-state index contributed by atoms with van der Waals surface area (Å²) in [5.41, 5.74) is 5.11. The monoisotopic (exact) mass is 156 g/mol. The molecule has 0 radical (unpaired) electrons. The average Bonchev–Trinajstić information content (AvgIpc) is 2.38. The summed E-state index contributed by atoms with van der Waals surface area (Å²) in [4.78, 5) is 11.6. The summed E-state index contributed by atoms with van der Waals surface area (Å²) in [5.74, 6) is -0.0995. The Morgan fingerprint density at radius 1 is 1.80 bits per heavy atom. The second kappa shape index (κ2) is 3.34. The van der Waals surface area contributed by atoms with Crippen LogP contribution in [0.1, 0.15) is 9.67 Å². The normalized spacial score (nSPS) is 9.30. The predicted octanol–water partition coefficient (Wildman–Crippen LogP) is 0.394. The minimum absolute atomic E-state index is 0.0995. The van der Waals surface area contributed by atoms with E-state index in [4.69, 9.17) is 5.73 Å². The van der Waals surface area contributed by atoms with Crippen LogP contribution in [0.4, 0.5) is 0 Å². The van der Waals surface area contributed by atoms with Gasteiger partial charge in [-0.2, -0.15) is 0 Å². The van der Waals surface area contributed by atoms with E-state index in [0.717, 1.165) is 0 Å². The van der Waals surface area contributed by atoms with E-state index in [-0.39, 0.29) is 12.6 Å². The van der Waals surface area contributed by atoms with Crippen molar-refractivity contribution < 1.29 is 4.79 Å². The zero-order valence-corrected chi connectivity index (χ0v) is 6.15. The van der Waals surface area contributed by atoms with Crippen molar-refractivity contribution in [3.8, 4) is 0 Å². The fraction of sp³-hybridized carbons (Fsp3) is 0.167. The number of carbonyl (C=O) groups excluding carboxylic acids is 1. The second-order valence-corrected chi connectivity index (χ2v) is 2.64. The minimum atomic E-state index is -0.0995. The summed E-state index contributed by atoms with van der Waals surface area (Å²) in [6, 6.07) is 3.59. The minimum Gasteiger partial charge on any atom is -0.339 e. The van der Waals surface area contributed by atoms with Crippen LogP contribution in [0.25, 0.3) is 0 Å². The molecule has 0 aliphatic heterocycles.